The smallest absolute Gasteiger partial charge is 0.312 e. The van der Waals surface area contributed by atoms with E-state index < -0.39 is 11.0 Å². The van der Waals surface area contributed by atoms with Gasteiger partial charge in [0.2, 0.25) is 0 Å². The molecule has 4 bridgehead atoms. The highest BCUT2D eigenvalue weighted by molar-refractivity contribution is 5.98. The van der Waals surface area contributed by atoms with Crippen LogP contribution < -0.4 is 4.74 Å². The summed E-state index contributed by atoms with van der Waals surface area (Å²) >= 11 is 0. The predicted molar refractivity (Wildman–Crippen MR) is 95.0 cm³/mol. The first-order valence-corrected chi connectivity index (χ1v) is 9.57. The van der Waals surface area contributed by atoms with Crippen LogP contribution in [0.2, 0.25) is 0 Å². The highest BCUT2D eigenvalue weighted by atomic mass is 16.5. The molecule has 5 rings (SSSR count). The third-order valence-corrected chi connectivity index (χ3v) is 6.28. The predicted octanol–water partition coefficient (Wildman–Crippen LogP) is 3.14. The Bertz CT molecular complexity index is 694. The number of hydrogen-bond donors (Lipinski definition) is 1. The average Bonchev–Trinajstić information content (AvgIpc) is 2.58. The topological polar surface area (TPSA) is 72.8 Å². The van der Waals surface area contributed by atoms with Gasteiger partial charge < -0.3 is 14.6 Å². The maximum atomic E-state index is 12.8. The van der Waals surface area contributed by atoms with Crippen LogP contribution >= 0.6 is 0 Å². The third-order valence-electron chi connectivity index (χ3n) is 6.28. The van der Waals surface area contributed by atoms with Gasteiger partial charge in [-0.3, -0.25) is 9.59 Å². The van der Waals surface area contributed by atoms with Gasteiger partial charge in [0.15, 0.2) is 12.4 Å². The molecular weight excluding hydrogens is 332 g/mol. The second-order valence-electron chi connectivity index (χ2n) is 8.42. The molecule has 140 valence electrons. The van der Waals surface area contributed by atoms with Crippen molar-refractivity contribution in [1.82, 2.24) is 0 Å². The number of carbonyl (C=O) groups excluding carboxylic acids is 2. The average molecular weight is 358 g/mol. The van der Waals surface area contributed by atoms with E-state index in [0.29, 0.717) is 36.2 Å². The molecule has 2 unspecified atom stereocenters. The molecule has 0 amide bonds. The molecule has 0 heterocycles. The van der Waals surface area contributed by atoms with Crippen LogP contribution in [0, 0.1) is 17.3 Å². The standard InChI is InChI=1S/C21H26O5/c1-2-25-17-5-3-16(4-6-17)18(22)12-26-19(23)20-8-14-7-15(9-20)11-21(24,10-14)13-20/h3-6,14-15,24H,2,7-13H2,1H3/t14-,15+,20?,21?. The molecule has 4 atom stereocenters. The van der Waals surface area contributed by atoms with E-state index in [0.717, 1.165) is 32.1 Å². The molecule has 0 spiro atoms. The monoisotopic (exact) mass is 358 g/mol. The Hall–Kier alpha value is -1.88. The van der Waals surface area contributed by atoms with E-state index in [4.69, 9.17) is 9.47 Å². The van der Waals surface area contributed by atoms with E-state index in [-0.39, 0.29) is 18.4 Å². The summed E-state index contributed by atoms with van der Waals surface area (Å²) in [7, 11) is 0. The van der Waals surface area contributed by atoms with Gasteiger partial charge in [0.25, 0.3) is 0 Å². The largest absolute Gasteiger partial charge is 0.494 e. The van der Waals surface area contributed by atoms with Gasteiger partial charge in [-0.25, -0.2) is 0 Å². The molecule has 4 aliphatic rings. The summed E-state index contributed by atoms with van der Waals surface area (Å²) < 4.78 is 10.8. The fourth-order valence-electron chi connectivity index (χ4n) is 5.72. The highest BCUT2D eigenvalue weighted by Gasteiger charge is 2.60. The lowest BCUT2D eigenvalue weighted by atomic mass is 9.48. The molecule has 0 aromatic heterocycles. The Morgan fingerprint density at radius 2 is 1.77 bits per heavy atom. The van der Waals surface area contributed by atoms with Crippen molar-refractivity contribution < 1.29 is 24.2 Å². The lowest BCUT2D eigenvalue weighted by Crippen LogP contribution is -2.58. The first-order valence-electron chi connectivity index (χ1n) is 9.57. The molecule has 0 aliphatic heterocycles. The van der Waals surface area contributed by atoms with Crippen molar-refractivity contribution >= 4 is 11.8 Å². The Balaban J connectivity index is 1.38. The van der Waals surface area contributed by atoms with Crippen LogP contribution in [0.15, 0.2) is 24.3 Å². The van der Waals surface area contributed by atoms with Crippen molar-refractivity contribution in [3.05, 3.63) is 29.8 Å². The lowest BCUT2D eigenvalue weighted by Gasteiger charge is -2.58. The minimum absolute atomic E-state index is 0.218. The molecule has 1 aromatic rings. The van der Waals surface area contributed by atoms with Gasteiger partial charge in [0.1, 0.15) is 5.75 Å². The molecule has 1 N–H and O–H groups in total. The molecule has 0 saturated heterocycles. The summed E-state index contributed by atoms with van der Waals surface area (Å²) in [5.41, 5.74) is -0.787. The second kappa shape index (κ2) is 6.38. The van der Waals surface area contributed by atoms with E-state index >= 15 is 0 Å². The van der Waals surface area contributed by atoms with Crippen molar-refractivity contribution in [1.29, 1.82) is 0 Å². The fraction of sp³-hybridized carbons (Fsp3) is 0.619. The number of carbonyl (C=O) groups is 2. The van der Waals surface area contributed by atoms with Crippen molar-refractivity contribution in [2.75, 3.05) is 13.2 Å². The Morgan fingerprint density at radius 3 is 2.35 bits per heavy atom. The molecule has 26 heavy (non-hydrogen) atoms. The zero-order valence-electron chi connectivity index (χ0n) is 15.2. The number of benzene rings is 1. The maximum Gasteiger partial charge on any atom is 0.312 e. The zero-order valence-corrected chi connectivity index (χ0v) is 15.2. The SMILES string of the molecule is CCOc1ccc(C(=O)COC(=O)C23C[C@@H]4C[C@@H](CC(O)(C4)C2)C3)cc1. The van der Waals surface area contributed by atoms with Gasteiger partial charge in [-0.1, -0.05) is 0 Å². The quantitative estimate of drug-likeness (QED) is 0.625. The van der Waals surface area contributed by atoms with Crippen LogP contribution in [0.3, 0.4) is 0 Å². The minimum atomic E-state index is -0.706. The molecule has 1 aromatic carbocycles. The summed E-state index contributed by atoms with van der Waals surface area (Å²) in [6.07, 6.45) is 4.81. The summed E-state index contributed by atoms with van der Waals surface area (Å²) in [6, 6.07) is 6.86. The number of rotatable bonds is 6. The summed E-state index contributed by atoms with van der Waals surface area (Å²) in [4.78, 5) is 25.1. The summed E-state index contributed by atoms with van der Waals surface area (Å²) in [5, 5.41) is 10.8. The third kappa shape index (κ3) is 3.13. The number of hydrogen-bond acceptors (Lipinski definition) is 5. The van der Waals surface area contributed by atoms with Gasteiger partial charge in [-0.2, -0.15) is 0 Å². The molecule has 0 radical (unpaired) electrons. The lowest BCUT2D eigenvalue weighted by molar-refractivity contribution is -0.195. The van der Waals surface area contributed by atoms with Gasteiger partial charge in [0.05, 0.1) is 17.6 Å². The Morgan fingerprint density at radius 1 is 1.12 bits per heavy atom. The van der Waals surface area contributed by atoms with Crippen LogP contribution in [0.1, 0.15) is 55.8 Å². The number of ketones is 1. The summed E-state index contributed by atoms with van der Waals surface area (Å²) in [5.74, 6) is 1.02. The van der Waals surface area contributed by atoms with Crippen LogP contribution in [0.5, 0.6) is 5.75 Å². The van der Waals surface area contributed by atoms with E-state index in [2.05, 4.69) is 0 Å². The molecule has 4 saturated carbocycles. The van der Waals surface area contributed by atoms with Crippen molar-refractivity contribution in [3.8, 4) is 5.75 Å². The van der Waals surface area contributed by atoms with Crippen molar-refractivity contribution in [2.45, 2.75) is 51.0 Å². The Labute approximate surface area is 153 Å². The molecular formula is C21H26O5. The van der Waals surface area contributed by atoms with Crippen molar-refractivity contribution in [2.24, 2.45) is 17.3 Å². The van der Waals surface area contributed by atoms with Crippen LogP contribution in [-0.2, 0) is 9.53 Å². The number of Topliss-reactive ketones (excluding diaryl/α,β-unsaturated/α-hetero) is 1. The second-order valence-corrected chi connectivity index (χ2v) is 8.42. The normalized spacial score (nSPS) is 34.5. The van der Waals surface area contributed by atoms with Gasteiger partial charge >= 0.3 is 5.97 Å². The molecule has 4 aliphatic carbocycles. The van der Waals surface area contributed by atoms with E-state index in [1.165, 1.54) is 0 Å². The van der Waals surface area contributed by atoms with E-state index in [1.807, 2.05) is 6.92 Å². The van der Waals surface area contributed by atoms with Crippen LogP contribution in [-0.4, -0.2) is 35.7 Å². The Kier molecular flexibility index (Phi) is 4.30. The minimum Gasteiger partial charge on any atom is -0.494 e. The van der Waals surface area contributed by atoms with Crippen LogP contribution in [0.4, 0.5) is 0 Å². The maximum absolute atomic E-state index is 12.8. The fourth-order valence-corrected chi connectivity index (χ4v) is 5.72. The van der Waals surface area contributed by atoms with Crippen LogP contribution in [0.25, 0.3) is 0 Å². The van der Waals surface area contributed by atoms with Gasteiger partial charge in [0, 0.05) is 5.56 Å². The van der Waals surface area contributed by atoms with E-state index in [1.54, 1.807) is 24.3 Å². The number of ether oxygens (including phenoxy) is 2. The van der Waals surface area contributed by atoms with Gasteiger partial charge in [-0.05, 0) is 81.5 Å². The van der Waals surface area contributed by atoms with Crippen molar-refractivity contribution in [3.63, 3.8) is 0 Å². The van der Waals surface area contributed by atoms with E-state index in [9.17, 15) is 14.7 Å². The first-order chi connectivity index (χ1) is 12.4. The number of esters is 1. The summed E-state index contributed by atoms with van der Waals surface area (Å²) in [6.45, 7) is 2.23. The number of aliphatic hydroxyl groups is 1. The van der Waals surface area contributed by atoms with Gasteiger partial charge in [-0.15, -0.1) is 0 Å². The molecule has 5 nitrogen and oxygen atoms in total. The molecule has 5 heteroatoms. The first kappa shape index (κ1) is 17.5. The molecule has 4 fully saturated rings. The zero-order chi connectivity index (χ0) is 18.4. The highest BCUT2D eigenvalue weighted by Crippen LogP contribution is 2.61.